The maximum absolute atomic E-state index is 11.4. The van der Waals surface area contributed by atoms with Gasteiger partial charge in [-0.3, -0.25) is 0 Å². The average Bonchev–Trinajstić information content (AvgIpc) is 2.38. The van der Waals surface area contributed by atoms with E-state index in [9.17, 15) is 9.90 Å². The first-order chi connectivity index (χ1) is 8.20. The van der Waals surface area contributed by atoms with Gasteiger partial charge in [0.2, 0.25) is 0 Å². The number of rotatable bonds is 2. The highest BCUT2D eigenvalue weighted by atomic mass is 16.5. The predicted octanol–water partition coefficient (Wildman–Crippen LogP) is 0.829. The van der Waals surface area contributed by atoms with E-state index in [1.54, 1.807) is 12.3 Å². The molecular weight excluding hydrogens is 220 g/mol. The normalized spacial score (nSPS) is 20.1. The number of carbonyl (C=O) groups excluding carboxylic acids is 1. The summed E-state index contributed by atoms with van der Waals surface area (Å²) in [6.45, 7) is 1.49. The second-order valence-corrected chi connectivity index (χ2v) is 4.13. The summed E-state index contributed by atoms with van der Waals surface area (Å²) in [4.78, 5) is 17.4. The first-order valence-electron chi connectivity index (χ1n) is 5.68. The Kier molecular flexibility index (Phi) is 3.58. The highest BCUT2D eigenvalue weighted by Gasteiger charge is 2.19. The third-order valence-corrected chi connectivity index (χ3v) is 2.90. The minimum absolute atomic E-state index is 0.293. The Labute approximate surface area is 100 Å². The number of hydrogen-bond donors (Lipinski definition) is 1. The van der Waals surface area contributed by atoms with Gasteiger partial charge in [0, 0.05) is 25.0 Å². The van der Waals surface area contributed by atoms with Crippen LogP contribution in [0.3, 0.4) is 0 Å². The van der Waals surface area contributed by atoms with E-state index >= 15 is 0 Å². The molecule has 92 valence electrons. The summed E-state index contributed by atoms with van der Waals surface area (Å²) in [5.41, 5.74) is 1.20. The molecule has 1 aromatic rings. The Hall–Kier alpha value is -1.62. The van der Waals surface area contributed by atoms with Crippen LogP contribution in [0.2, 0.25) is 0 Å². The fraction of sp³-hybridized carbons (Fsp3) is 0.500. The molecule has 0 spiro atoms. The van der Waals surface area contributed by atoms with Crippen LogP contribution in [0.15, 0.2) is 18.3 Å². The van der Waals surface area contributed by atoms with Crippen LogP contribution >= 0.6 is 0 Å². The van der Waals surface area contributed by atoms with Crippen molar-refractivity contribution in [1.82, 2.24) is 4.98 Å². The maximum Gasteiger partial charge on any atom is 0.356 e. The van der Waals surface area contributed by atoms with Crippen molar-refractivity contribution in [3.8, 4) is 0 Å². The molecule has 0 radical (unpaired) electrons. The number of aliphatic hydroxyl groups excluding tert-OH is 1. The fourth-order valence-corrected chi connectivity index (χ4v) is 2.02. The van der Waals surface area contributed by atoms with Gasteiger partial charge in [-0.15, -0.1) is 0 Å². The number of hydrogen-bond acceptors (Lipinski definition) is 5. The number of methoxy groups -OCH3 is 1. The van der Waals surface area contributed by atoms with E-state index in [0.29, 0.717) is 12.2 Å². The van der Waals surface area contributed by atoms with Crippen LogP contribution < -0.4 is 4.90 Å². The van der Waals surface area contributed by atoms with Gasteiger partial charge in [-0.05, 0) is 25.0 Å². The van der Waals surface area contributed by atoms with Crippen LogP contribution in [0.1, 0.15) is 23.3 Å². The van der Waals surface area contributed by atoms with E-state index in [1.165, 1.54) is 7.11 Å². The first-order valence-corrected chi connectivity index (χ1v) is 5.68. The highest BCUT2D eigenvalue weighted by Crippen LogP contribution is 2.20. The smallest absolute Gasteiger partial charge is 0.356 e. The molecule has 2 heterocycles. The molecule has 5 heteroatoms. The van der Waals surface area contributed by atoms with Gasteiger partial charge < -0.3 is 14.7 Å². The van der Waals surface area contributed by atoms with E-state index in [0.717, 1.165) is 25.1 Å². The summed E-state index contributed by atoms with van der Waals surface area (Å²) in [5.74, 6) is -0.440. The standard InChI is InChI=1S/C12H16N2O3/c1-17-12(16)11-7-9(4-5-13-11)14-6-2-3-10(15)8-14/h4-5,7,10,15H,2-3,6,8H2,1H3/t10-/m0/s1. The molecule has 0 unspecified atom stereocenters. The second-order valence-electron chi connectivity index (χ2n) is 4.13. The molecule has 1 fully saturated rings. The number of pyridine rings is 1. The number of β-amino-alcohol motifs (C(OH)–C–C–N with tert-alkyl or cyclic N) is 1. The Balaban J connectivity index is 2.17. The summed E-state index contributed by atoms with van der Waals surface area (Å²) in [7, 11) is 1.33. The topological polar surface area (TPSA) is 62.7 Å². The molecular formula is C12H16N2O3. The number of ether oxygens (including phenoxy) is 1. The lowest BCUT2D eigenvalue weighted by Gasteiger charge is -2.31. The summed E-state index contributed by atoms with van der Waals surface area (Å²) >= 11 is 0. The quantitative estimate of drug-likeness (QED) is 0.771. The van der Waals surface area contributed by atoms with E-state index in [2.05, 4.69) is 14.6 Å². The number of aliphatic hydroxyl groups is 1. The van der Waals surface area contributed by atoms with Gasteiger partial charge in [0.15, 0.2) is 0 Å². The van der Waals surface area contributed by atoms with Gasteiger partial charge >= 0.3 is 5.97 Å². The number of aromatic nitrogens is 1. The van der Waals surface area contributed by atoms with Crippen molar-refractivity contribution in [2.24, 2.45) is 0 Å². The second kappa shape index (κ2) is 5.14. The minimum Gasteiger partial charge on any atom is -0.464 e. The molecule has 1 aliphatic rings. The lowest BCUT2D eigenvalue weighted by Crippen LogP contribution is -2.38. The van der Waals surface area contributed by atoms with E-state index in [-0.39, 0.29) is 6.10 Å². The molecule has 1 atom stereocenters. The lowest BCUT2D eigenvalue weighted by molar-refractivity contribution is 0.0594. The molecule has 0 aliphatic carbocycles. The van der Waals surface area contributed by atoms with Gasteiger partial charge in [0.1, 0.15) is 5.69 Å². The molecule has 2 rings (SSSR count). The highest BCUT2D eigenvalue weighted by molar-refractivity contribution is 5.88. The molecule has 0 bridgehead atoms. The molecule has 0 aromatic carbocycles. The number of carbonyl (C=O) groups is 1. The van der Waals surface area contributed by atoms with E-state index in [4.69, 9.17) is 0 Å². The molecule has 1 saturated heterocycles. The molecule has 1 aromatic heterocycles. The number of esters is 1. The minimum atomic E-state index is -0.440. The number of anilines is 1. The van der Waals surface area contributed by atoms with Crippen molar-refractivity contribution in [3.63, 3.8) is 0 Å². The third-order valence-electron chi connectivity index (χ3n) is 2.90. The zero-order valence-electron chi connectivity index (χ0n) is 9.80. The van der Waals surface area contributed by atoms with Gasteiger partial charge in [0.25, 0.3) is 0 Å². The Morgan fingerprint density at radius 3 is 3.18 bits per heavy atom. The SMILES string of the molecule is COC(=O)c1cc(N2CCC[C@H](O)C2)ccn1. The van der Waals surface area contributed by atoms with Gasteiger partial charge in [-0.1, -0.05) is 0 Å². The first kappa shape index (κ1) is 11.9. The Bertz CT molecular complexity index is 408. The number of piperidine rings is 1. The summed E-state index contributed by atoms with van der Waals surface area (Å²) in [6, 6.07) is 3.54. The van der Waals surface area contributed by atoms with E-state index in [1.807, 2.05) is 6.07 Å². The fourth-order valence-electron chi connectivity index (χ4n) is 2.02. The number of nitrogens with zero attached hydrogens (tertiary/aromatic N) is 2. The maximum atomic E-state index is 11.4. The molecule has 5 nitrogen and oxygen atoms in total. The zero-order valence-corrected chi connectivity index (χ0v) is 9.80. The summed E-state index contributed by atoms with van der Waals surface area (Å²) < 4.78 is 4.63. The summed E-state index contributed by atoms with van der Waals surface area (Å²) in [5, 5.41) is 9.62. The zero-order chi connectivity index (χ0) is 12.3. The van der Waals surface area contributed by atoms with Crippen molar-refractivity contribution in [2.45, 2.75) is 18.9 Å². The lowest BCUT2D eigenvalue weighted by atomic mass is 10.1. The van der Waals surface area contributed by atoms with Crippen molar-refractivity contribution >= 4 is 11.7 Å². The van der Waals surface area contributed by atoms with Crippen molar-refractivity contribution < 1.29 is 14.6 Å². The molecule has 0 saturated carbocycles. The van der Waals surface area contributed by atoms with Crippen molar-refractivity contribution in [3.05, 3.63) is 24.0 Å². The molecule has 17 heavy (non-hydrogen) atoms. The molecule has 1 N–H and O–H groups in total. The van der Waals surface area contributed by atoms with Gasteiger partial charge in [-0.2, -0.15) is 0 Å². The van der Waals surface area contributed by atoms with Crippen LogP contribution in [0.25, 0.3) is 0 Å². The van der Waals surface area contributed by atoms with Crippen LogP contribution in [-0.2, 0) is 4.74 Å². The molecule has 0 amide bonds. The van der Waals surface area contributed by atoms with Gasteiger partial charge in [0.05, 0.1) is 13.2 Å². The van der Waals surface area contributed by atoms with Gasteiger partial charge in [-0.25, -0.2) is 9.78 Å². The molecule has 1 aliphatic heterocycles. The predicted molar refractivity (Wildman–Crippen MR) is 63.0 cm³/mol. The van der Waals surface area contributed by atoms with Crippen LogP contribution in [0.4, 0.5) is 5.69 Å². The average molecular weight is 236 g/mol. The van der Waals surface area contributed by atoms with Crippen molar-refractivity contribution in [1.29, 1.82) is 0 Å². The van der Waals surface area contributed by atoms with E-state index < -0.39 is 5.97 Å². The third kappa shape index (κ3) is 2.74. The monoisotopic (exact) mass is 236 g/mol. The Morgan fingerprint density at radius 1 is 1.65 bits per heavy atom. The van der Waals surface area contributed by atoms with Crippen LogP contribution in [-0.4, -0.2) is 42.4 Å². The Morgan fingerprint density at radius 2 is 2.47 bits per heavy atom. The largest absolute Gasteiger partial charge is 0.464 e. The van der Waals surface area contributed by atoms with Crippen molar-refractivity contribution in [2.75, 3.05) is 25.1 Å². The van der Waals surface area contributed by atoms with Crippen LogP contribution in [0, 0.1) is 0 Å². The van der Waals surface area contributed by atoms with Crippen LogP contribution in [0.5, 0.6) is 0 Å². The summed E-state index contributed by atoms with van der Waals surface area (Å²) in [6.07, 6.45) is 3.09.